The van der Waals surface area contributed by atoms with Gasteiger partial charge < -0.3 is 5.32 Å². The summed E-state index contributed by atoms with van der Waals surface area (Å²) in [6.07, 6.45) is 3.04. The maximum atomic E-state index is 12.0. The van der Waals surface area contributed by atoms with Crippen molar-refractivity contribution in [2.75, 3.05) is 0 Å². The van der Waals surface area contributed by atoms with Crippen molar-refractivity contribution in [1.82, 2.24) is 15.3 Å². The number of hydrogen-bond acceptors (Lipinski definition) is 3. The summed E-state index contributed by atoms with van der Waals surface area (Å²) in [6.45, 7) is 3.72. The maximum Gasteiger partial charge on any atom is 0.271 e. The summed E-state index contributed by atoms with van der Waals surface area (Å²) in [6, 6.07) is 7.25. The summed E-state index contributed by atoms with van der Waals surface area (Å²) in [4.78, 5) is 20.1. The van der Waals surface area contributed by atoms with E-state index in [1.807, 2.05) is 32.0 Å². The molecular formula is C14H14ClN3O. The van der Waals surface area contributed by atoms with Gasteiger partial charge in [-0.25, -0.2) is 4.98 Å². The second-order valence-corrected chi connectivity index (χ2v) is 4.73. The van der Waals surface area contributed by atoms with Crippen LogP contribution in [0.1, 0.15) is 34.7 Å². The van der Waals surface area contributed by atoms with E-state index in [9.17, 15) is 4.79 Å². The highest BCUT2D eigenvalue weighted by Gasteiger charge is 2.12. The molecule has 0 spiro atoms. The molecule has 1 aromatic heterocycles. The Balaban J connectivity index is 2.08. The highest BCUT2D eigenvalue weighted by atomic mass is 35.5. The first-order valence-electron chi connectivity index (χ1n) is 5.91. The molecule has 0 aliphatic heterocycles. The lowest BCUT2D eigenvalue weighted by Crippen LogP contribution is -2.27. The molecule has 5 heteroatoms. The van der Waals surface area contributed by atoms with E-state index in [0.717, 1.165) is 11.3 Å². The molecule has 1 atom stereocenters. The van der Waals surface area contributed by atoms with Crippen LogP contribution in [0.2, 0.25) is 5.02 Å². The van der Waals surface area contributed by atoms with Crippen molar-refractivity contribution in [3.8, 4) is 0 Å². The van der Waals surface area contributed by atoms with Gasteiger partial charge in [0.1, 0.15) is 5.69 Å². The first-order valence-corrected chi connectivity index (χ1v) is 6.29. The van der Waals surface area contributed by atoms with Gasteiger partial charge in [0.2, 0.25) is 0 Å². The number of aromatic nitrogens is 2. The van der Waals surface area contributed by atoms with Gasteiger partial charge in [0, 0.05) is 11.2 Å². The van der Waals surface area contributed by atoms with E-state index in [1.165, 1.54) is 6.20 Å². The average molecular weight is 276 g/mol. The van der Waals surface area contributed by atoms with Gasteiger partial charge in [0.05, 0.1) is 17.9 Å². The smallest absolute Gasteiger partial charge is 0.271 e. The van der Waals surface area contributed by atoms with Crippen molar-refractivity contribution in [1.29, 1.82) is 0 Å². The number of amides is 1. The molecular weight excluding hydrogens is 262 g/mol. The Kier molecular flexibility index (Phi) is 4.12. The lowest BCUT2D eigenvalue weighted by Gasteiger charge is -2.14. The van der Waals surface area contributed by atoms with E-state index in [1.54, 1.807) is 12.3 Å². The van der Waals surface area contributed by atoms with E-state index in [0.29, 0.717) is 10.7 Å². The SMILES string of the molecule is Cc1cnc(C(=O)NC(C)c2cccc(Cl)c2)cn1. The number of carbonyl (C=O) groups is 1. The molecule has 0 aliphatic carbocycles. The molecule has 0 fully saturated rings. The zero-order valence-electron chi connectivity index (χ0n) is 10.7. The zero-order valence-corrected chi connectivity index (χ0v) is 11.5. The second-order valence-electron chi connectivity index (χ2n) is 4.29. The van der Waals surface area contributed by atoms with Crippen molar-refractivity contribution in [3.05, 3.63) is 58.6 Å². The normalized spacial score (nSPS) is 11.9. The van der Waals surface area contributed by atoms with Crippen molar-refractivity contribution >= 4 is 17.5 Å². The largest absolute Gasteiger partial charge is 0.344 e. The third-order valence-corrected chi connectivity index (χ3v) is 2.94. The predicted octanol–water partition coefficient (Wildman–Crippen LogP) is 2.93. The molecule has 0 saturated carbocycles. The molecule has 0 saturated heterocycles. The summed E-state index contributed by atoms with van der Waals surface area (Å²) in [5.41, 5.74) is 2.03. The summed E-state index contributed by atoms with van der Waals surface area (Å²) >= 11 is 5.92. The molecule has 4 nitrogen and oxygen atoms in total. The summed E-state index contributed by atoms with van der Waals surface area (Å²) in [7, 11) is 0. The first-order chi connectivity index (χ1) is 9.06. The van der Waals surface area contributed by atoms with Crippen LogP contribution in [0.25, 0.3) is 0 Å². The van der Waals surface area contributed by atoms with Crippen LogP contribution in [0.3, 0.4) is 0 Å². The molecule has 2 rings (SSSR count). The van der Waals surface area contributed by atoms with Crippen LogP contribution in [-0.2, 0) is 0 Å². The number of carbonyl (C=O) groups excluding carboxylic acids is 1. The zero-order chi connectivity index (χ0) is 13.8. The van der Waals surface area contributed by atoms with Gasteiger partial charge >= 0.3 is 0 Å². The van der Waals surface area contributed by atoms with Crippen LogP contribution >= 0.6 is 11.6 Å². The molecule has 1 unspecified atom stereocenters. The molecule has 0 bridgehead atoms. The molecule has 2 aromatic rings. The van der Waals surface area contributed by atoms with Crippen molar-refractivity contribution in [3.63, 3.8) is 0 Å². The quantitative estimate of drug-likeness (QED) is 0.937. The van der Waals surface area contributed by atoms with Gasteiger partial charge in [0.25, 0.3) is 5.91 Å². The molecule has 19 heavy (non-hydrogen) atoms. The van der Waals surface area contributed by atoms with Gasteiger partial charge in [-0.3, -0.25) is 9.78 Å². The summed E-state index contributed by atoms with van der Waals surface area (Å²) in [5.74, 6) is -0.250. The lowest BCUT2D eigenvalue weighted by atomic mass is 10.1. The van der Waals surface area contributed by atoms with Crippen LogP contribution < -0.4 is 5.32 Å². The molecule has 1 aromatic carbocycles. The minimum atomic E-state index is -0.250. The lowest BCUT2D eigenvalue weighted by molar-refractivity contribution is 0.0934. The monoisotopic (exact) mass is 275 g/mol. The van der Waals surface area contributed by atoms with Gasteiger partial charge in [-0.05, 0) is 31.5 Å². The van der Waals surface area contributed by atoms with Crippen LogP contribution in [0, 0.1) is 6.92 Å². The van der Waals surface area contributed by atoms with Gasteiger partial charge in [-0.2, -0.15) is 0 Å². The number of rotatable bonds is 3. The van der Waals surface area contributed by atoms with E-state index in [2.05, 4.69) is 15.3 Å². The third kappa shape index (κ3) is 3.51. The molecule has 98 valence electrons. The highest BCUT2D eigenvalue weighted by Crippen LogP contribution is 2.17. The average Bonchev–Trinajstić information content (AvgIpc) is 2.39. The van der Waals surface area contributed by atoms with Gasteiger partial charge in [0.15, 0.2) is 0 Å². The van der Waals surface area contributed by atoms with Gasteiger partial charge in [-0.15, -0.1) is 0 Å². The number of halogens is 1. The minimum absolute atomic E-state index is 0.144. The third-order valence-electron chi connectivity index (χ3n) is 2.71. The highest BCUT2D eigenvalue weighted by molar-refractivity contribution is 6.30. The molecule has 0 aliphatic rings. The number of benzene rings is 1. The van der Waals surface area contributed by atoms with Crippen molar-refractivity contribution in [2.45, 2.75) is 19.9 Å². The predicted molar refractivity (Wildman–Crippen MR) is 74.1 cm³/mol. The maximum absolute atomic E-state index is 12.0. The Labute approximate surface area is 116 Å². The van der Waals surface area contributed by atoms with E-state index < -0.39 is 0 Å². The number of nitrogens with one attached hydrogen (secondary N) is 1. The van der Waals surface area contributed by atoms with Crippen LogP contribution in [0.15, 0.2) is 36.7 Å². The Morgan fingerprint density at radius 3 is 2.74 bits per heavy atom. The minimum Gasteiger partial charge on any atom is -0.344 e. The van der Waals surface area contributed by atoms with Crippen LogP contribution in [0.5, 0.6) is 0 Å². The van der Waals surface area contributed by atoms with Gasteiger partial charge in [-0.1, -0.05) is 23.7 Å². The van der Waals surface area contributed by atoms with Crippen LogP contribution in [0.4, 0.5) is 0 Å². The van der Waals surface area contributed by atoms with E-state index >= 15 is 0 Å². The topological polar surface area (TPSA) is 54.9 Å². The van der Waals surface area contributed by atoms with E-state index in [-0.39, 0.29) is 11.9 Å². The number of hydrogen-bond donors (Lipinski definition) is 1. The number of nitrogens with zero attached hydrogens (tertiary/aromatic N) is 2. The molecule has 1 N–H and O–H groups in total. The Morgan fingerprint density at radius 1 is 1.32 bits per heavy atom. The second kappa shape index (κ2) is 5.80. The Bertz CT molecular complexity index is 583. The fourth-order valence-electron chi connectivity index (χ4n) is 1.64. The fraction of sp³-hybridized carbons (Fsp3) is 0.214. The standard InChI is InChI=1S/C14H14ClN3O/c1-9-7-17-13(8-16-9)14(19)18-10(2)11-4-3-5-12(15)6-11/h3-8,10H,1-2H3,(H,18,19). The van der Waals surface area contributed by atoms with Crippen molar-refractivity contribution in [2.24, 2.45) is 0 Å². The Morgan fingerprint density at radius 2 is 2.11 bits per heavy atom. The molecule has 1 amide bonds. The summed E-state index contributed by atoms with van der Waals surface area (Å²) in [5, 5.41) is 3.51. The Hall–Kier alpha value is -1.94. The summed E-state index contributed by atoms with van der Waals surface area (Å²) < 4.78 is 0. The van der Waals surface area contributed by atoms with Crippen molar-refractivity contribution < 1.29 is 4.79 Å². The van der Waals surface area contributed by atoms with Crippen LogP contribution in [-0.4, -0.2) is 15.9 Å². The number of aryl methyl sites for hydroxylation is 1. The fourth-order valence-corrected chi connectivity index (χ4v) is 1.84. The molecule has 1 heterocycles. The molecule has 0 radical (unpaired) electrons. The van der Waals surface area contributed by atoms with E-state index in [4.69, 9.17) is 11.6 Å². The first kappa shape index (κ1) is 13.5.